The highest BCUT2D eigenvalue weighted by molar-refractivity contribution is 5.54. The number of benzene rings is 1. The van der Waals surface area contributed by atoms with Crippen molar-refractivity contribution in [3.8, 4) is 6.07 Å². The van der Waals surface area contributed by atoms with Gasteiger partial charge in [-0.25, -0.2) is 4.98 Å². The molecular formula is C14H13N5. The van der Waals surface area contributed by atoms with Crippen LogP contribution in [-0.4, -0.2) is 21.5 Å². The van der Waals surface area contributed by atoms with E-state index in [1.807, 2.05) is 42.9 Å². The van der Waals surface area contributed by atoms with Crippen LogP contribution in [0.5, 0.6) is 0 Å². The van der Waals surface area contributed by atoms with Crippen molar-refractivity contribution in [2.75, 3.05) is 11.6 Å². The van der Waals surface area contributed by atoms with E-state index in [9.17, 15) is 0 Å². The molecule has 0 fully saturated rings. The molecule has 0 saturated heterocycles. The van der Waals surface area contributed by atoms with Crippen LogP contribution >= 0.6 is 0 Å². The normalized spacial score (nSPS) is 13.8. The minimum atomic E-state index is 0.679. The van der Waals surface area contributed by atoms with Crippen LogP contribution in [0.15, 0.2) is 49.2 Å². The fourth-order valence-electron chi connectivity index (χ4n) is 2.08. The van der Waals surface area contributed by atoms with Crippen LogP contribution in [-0.2, 0) is 6.54 Å². The molecular weight excluding hydrogens is 238 g/mol. The van der Waals surface area contributed by atoms with E-state index in [0.29, 0.717) is 5.56 Å². The van der Waals surface area contributed by atoms with Crippen molar-refractivity contribution in [1.29, 1.82) is 5.26 Å². The Kier molecular flexibility index (Phi) is 2.91. The number of aromatic amines is 1. The zero-order chi connectivity index (χ0) is 13.1. The van der Waals surface area contributed by atoms with Gasteiger partial charge in [0.15, 0.2) is 0 Å². The third-order valence-electron chi connectivity index (χ3n) is 3.03. The van der Waals surface area contributed by atoms with Gasteiger partial charge in [0.25, 0.3) is 0 Å². The van der Waals surface area contributed by atoms with Crippen LogP contribution in [0.4, 0.5) is 5.69 Å². The third-order valence-corrected chi connectivity index (χ3v) is 3.03. The maximum absolute atomic E-state index is 8.92. The molecule has 0 bridgehead atoms. The van der Waals surface area contributed by atoms with Crippen molar-refractivity contribution in [1.82, 2.24) is 14.9 Å². The van der Waals surface area contributed by atoms with E-state index in [2.05, 4.69) is 25.8 Å². The number of hydrogen-bond donors (Lipinski definition) is 1. The SMILES string of the molecule is N#Cc1cccc(N2C=CN(Cc3cnc[nH]3)C2)c1. The smallest absolute Gasteiger partial charge is 0.0992 e. The number of H-pyrrole nitrogens is 1. The summed E-state index contributed by atoms with van der Waals surface area (Å²) in [4.78, 5) is 11.4. The number of anilines is 1. The Balaban J connectivity index is 1.69. The molecule has 0 spiro atoms. The molecule has 0 amide bonds. The van der Waals surface area contributed by atoms with Crippen LogP contribution in [0, 0.1) is 11.3 Å². The number of aromatic nitrogens is 2. The molecule has 0 unspecified atom stereocenters. The Hall–Kier alpha value is -2.74. The fourth-order valence-corrected chi connectivity index (χ4v) is 2.08. The highest BCUT2D eigenvalue weighted by Crippen LogP contribution is 2.21. The Bertz CT molecular complexity index is 624. The molecule has 1 aromatic heterocycles. The van der Waals surface area contributed by atoms with E-state index in [0.717, 1.165) is 24.6 Å². The second-order valence-corrected chi connectivity index (χ2v) is 4.40. The van der Waals surface area contributed by atoms with Crippen molar-refractivity contribution in [2.24, 2.45) is 0 Å². The maximum Gasteiger partial charge on any atom is 0.0992 e. The summed E-state index contributed by atoms with van der Waals surface area (Å²) >= 11 is 0. The molecule has 2 heterocycles. The van der Waals surface area contributed by atoms with Gasteiger partial charge in [-0.05, 0) is 18.2 Å². The van der Waals surface area contributed by atoms with Gasteiger partial charge in [0.05, 0.1) is 36.9 Å². The average molecular weight is 251 g/mol. The van der Waals surface area contributed by atoms with Crippen molar-refractivity contribution in [2.45, 2.75) is 6.54 Å². The summed E-state index contributed by atoms with van der Waals surface area (Å²) in [5, 5.41) is 8.92. The summed E-state index contributed by atoms with van der Waals surface area (Å²) in [6.07, 6.45) is 7.57. The van der Waals surface area contributed by atoms with E-state index in [1.165, 1.54) is 0 Å². The highest BCUT2D eigenvalue weighted by atomic mass is 15.3. The molecule has 5 nitrogen and oxygen atoms in total. The minimum absolute atomic E-state index is 0.679. The molecule has 3 rings (SSSR count). The van der Waals surface area contributed by atoms with Gasteiger partial charge in [0.1, 0.15) is 0 Å². The van der Waals surface area contributed by atoms with E-state index < -0.39 is 0 Å². The molecule has 2 aromatic rings. The lowest BCUT2D eigenvalue weighted by molar-refractivity contribution is 0.395. The quantitative estimate of drug-likeness (QED) is 0.906. The van der Waals surface area contributed by atoms with E-state index in [-0.39, 0.29) is 0 Å². The number of nitrogens with one attached hydrogen (secondary N) is 1. The van der Waals surface area contributed by atoms with Gasteiger partial charge >= 0.3 is 0 Å². The van der Waals surface area contributed by atoms with Crippen LogP contribution in [0.2, 0.25) is 0 Å². The lowest BCUT2D eigenvalue weighted by Gasteiger charge is -2.20. The molecule has 0 saturated carbocycles. The van der Waals surface area contributed by atoms with E-state index >= 15 is 0 Å². The molecule has 0 atom stereocenters. The van der Waals surface area contributed by atoms with Gasteiger partial charge < -0.3 is 14.8 Å². The monoisotopic (exact) mass is 251 g/mol. The first-order chi connectivity index (χ1) is 9.35. The summed E-state index contributed by atoms with van der Waals surface area (Å²) in [6.45, 7) is 1.57. The Morgan fingerprint density at radius 3 is 3.11 bits per heavy atom. The van der Waals surface area contributed by atoms with Crippen LogP contribution in [0.1, 0.15) is 11.3 Å². The second-order valence-electron chi connectivity index (χ2n) is 4.40. The molecule has 19 heavy (non-hydrogen) atoms. The number of nitriles is 1. The number of nitrogens with zero attached hydrogens (tertiary/aromatic N) is 4. The summed E-state index contributed by atoms with van der Waals surface area (Å²) in [7, 11) is 0. The maximum atomic E-state index is 8.92. The molecule has 5 heteroatoms. The van der Waals surface area contributed by atoms with Crippen molar-refractivity contribution >= 4 is 5.69 Å². The standard InChI is InChI=1S/C14H13N5/c15-7-12-2-1-3-14(6-12)19-5-4-18(11-19)9-13-8-16-10-17-13/h1-6,8,10H,9,11H2,(H,16,17). The Morgan fingerprint density at radius 2 is 2.32 bits per heavy atom. The first-order valence-corrected chi connectivity index (χ1v) is 6.01. The van der Waals surface area contributed by atoms with Gasteiger partial charge in [-0.3, -0.25) is 0 Å². The summed E-state index contributed by atoms with van der Waals surface area (Å²) in [6, 6.07) is 9.77. The second kappa shape index (κ2) is 4.86. The van der Waals surface area contributed by atoms with Crippen molar-refractivity contribution < 1.29 is 0 Å². The lowest BCUT2D eigenvalue weighted by atomic mass is 10.2. The minimum Gasteiger partial charge on any atom is -0.352 e. The van der Waals surface area contributed by atoms with Gasteiger partial charge in [0.2, 0.25) is 0 Å². The topological polar surface area (TPSA) is 59.0 Å². The van der Waals surface area contributed by atoms with Gasteiger partial charge in [-0.15, -0.1) is 0 Å². The number of hydrogen-bond acceptors (Lipinski definition) is 4. The zero-order valence-corrected chi connectivity index (χ0v) is 10.3. The summed E-state index contributed by atoms with van der Waals surface area (Å²) in [5.41, 5.74) is 2.79. The van der Waals surface area contributed by atoms with Gasteiger partial charge in [-0.2, -0.15) is 5.26 Å². The largest absolute Gasteiger partial charge is 0.352 e. The summed E-state index contributed by atoms with van der Waals surface area (Å²) in [5.74, 6) is 0. The first-order valence-electron chi connectivity index (χ1n) is 6.01. The molecule has 0 radical (unpaired) electrons. The Labute approximate surface area is 111 Å². The van der Waals surface area contributed by atoms with Gasteiger partial charge in [-0.1, -0.05) is 6.07 Å². The highest BCUT2D eigenvalue weighted by Gasteiger charge is 2.14. The zero-order valence-electron chi connectivity index (χ0n) is 10.3. The van der Waals surface area contributed by atoms with Crippen LogP contribution in [0.25, 0.3) is 0 Å². The average Bonchev–Trinajstić information content (AvgIpc) is 3.11. The predicted octanol–water partition coefficient (Wildman–Crippen LogP) is 2.03. The number of rotatable bonds is 3. The van der Waals surface area contributed by atoms with E-state index in [1.54, 1.807) is 6.33 Å². The van der Waals surface area contributed by atoms with Crippen LogP contribution in [0.3, 0.4) is 0 Å². The number of imidazole rings is 1. The molecule has 0 aliphatic carbocycles. The predicted molar refractivity (Wildman–Crippen MR) is 71.8 cm³/mol. The molecule has 1 aliphatic heterocycles. The summed E-state index contributed by atoms with van der Waals surface area (Å²) < 4.78 is 0. The molecule has 1 aliphatic rings. The van der Waals surface area contributed by atoms with Crippen molar-refractivity contribution in [3.05, 3.63) is 60.4 Å². The fraction of sp³-hybridized carbons (Fsp3) is 0.143. The van der Waals surface area contributed by atoms with Gasteiger partial charge in [0, 0.05) is 24.3 Å². The lowest BCUT2D eigenvalue weighted by Crippen LogP contribution is -2.24. The van der Waals surface area contributed by atoms with Crippen LogP contribution < -0.4 is 4.90 Å². The molecule has 1 N–H and O–H groups in total. The van der Waals surface area contributed by atoms with Crippen molar-refractivity contribution in [3.63, 3.8) is 0 Å². The first kappa shape index (κ1) is 11.4. The molecule has 1 aromatic carbocycles. The third kappa shape index (κ3) is 2.43. The molecule has 94 valence electrons. The van der Waals surface area contributed by atoms with E-state index in [4.69, 9.17) is 5.26 Å². The Morgan fingerprint density at radius 1 is 1.37 bits per heavy atom.